The minimum absolute atomic E-state index is 0.0921. The van der Waals surface area contributed by atoms with Gasteiger partial charge < -0.3 is 20.1 Å². The van der Waals surface area contributed by atoms with Crippen LogP contribution in [0.2, 0.25) is 0 Å². The summed E-state index contributed by atoms with van der Waals surface area (Å²) in [6.07, 6.45) is 0.0921. The Labute approximate surface area is 101 Å². The molecule has 0 spiro atoms. The van der Waals surface area contributed by atoms with Crippen molar-refractivity contribution in [3.63, 3.8) is 0 Å². The van der Waals surface area contributed by atoms with Gasteiger partial charge in [-0.2, -0.15) is 0 Å². The summed E-state index contributed by atoms with van der Waals surface area (Å²) in [5.74, 6) is 0. The van der Waals surface area contributed by atoms with Crippen molar-refractivity contribution in [2.75, 3.05) is 19.1 Å². The maximum atomic E-state index is 11.9. The predicted octanol–water partition coefficient (Wildman–Crippen LogP) is 1.94. The fourth-order valence-electron chi connectivity index (χ4n) is 1.57. The van der Waals surface area contributed by atoms with Crippen LogP contribution in [-0.4, -0.2) is 28.5 Å². The molecule has 0 aliphatic heterocycles. The summed E-state index contributed by atoms with van der Waals surface area (Å²) in [7, 11) is -7.24. The minimum atomic E-state index is -4.37. The summed E-state index contributed by atoms with van der Waals surface area (Å²) < 4.78 is 23.3. The highest BCUT2D eigenvalue weighted by molar-refractivity contribution is 7.76. The van der Waals surface area contributed by atoms with Crippen molar-refractivity contribution in [2.24, 2.45) is 0 Å². The van der Waals surface area contributed by atoms with Gasteiger partial charge in [-0.05, 0) is 37.4 Å². The van der Waals surface area contributed by atoms with E-state index in [0.29, 0.717) is 5.69 Å². The average molecular weight is 277 g/mol. The van der Waals surface area contributed by atoms with Crippen molar-refractivity contribution in [1.82, 2.24) is 0 Å². The molecule has 0 aromatic heterocycles. The Morgan fingerprint density at radius 1 is 1.18 bits per heavy atom. The molecule has 0 radical (unpaired) electrons. The van der Waals surface area contributed by atoms with Gasteiger partial charge in [0.05, 0.1) is 7.14 Å². The first-order valence-electron chi connectivity index (χ1n) is 5.05. The Bertz CT molecular complexity index is 452. The first-order chi connectivity index (χ1) is 7.60. The predicted molar refractivity (Wildman–Crippen MR) is 69.8 cm³/mol. The molecule has 0 heterocycles. The van der Waals surface area contributed by atoms with E-state index in [9.17, 15) is 18.9 Å². The van der Waals surface area contributed by atoms with Crippen molar-refractivity contribution in [3.8, 4) is 0 Å². The molecule has 0 bridgehead atoms. The zero-order valence-electron chi connectivity index (χ0n) is 9.78. The summed E-state index contributed by atoms with van der Waals surface area (Å²) in [4.78, 5) is 18.5. The topological polar surface area (TPSA) is 101 Å². The highest BCUT2D eigenvalue weighted by Gasteiger charge is 2.38. The van der Waals surface area contributed by atoms with E-state index in [0.717, 1.165) is 5.56 Å². The van der Waals surface area contributed by atoms with E-state index in [-0.39, 0.29) is 6.42 Å². The van der Waals surface area contributed by atoms with Crippen molar-refractivity contribution in [2.45, 2.75) is 11.8 Å². The van der Waals surface area contributed by atoms with Gasteiger partial charge in [-0.25, -0.2) is 0 Å². The van der Waals surface area contributed by atoms with Crippen molar-refractivity contribution < 1.29 is 18.9 Å². The van der Waals surface area contributed by atoms with Crippen molar-refractivity contribution in [3.05, 3.63) is 29.8 Å². The van der Waals surface area contributed by atoms with E-state index in [2.05, 4.69) is 0 Å². The third kappa shape index (κ3) is 4.29. The smallest absolute Gasteiger partial charge is 0.336 e. The van der Waals surface area contributed by atoms with E-state index in [1.807, 2.05) is 0 Å². The van der Waals surface area contributed by atoms with Crippen LogP contribution in [0.25, 0.3) is 0 Å². The lowest BCUT2D eigenvalue weighted by atomic mass is 10.1. The molecule has 5 nitrogen and oxygen atoms in total. The molecule has 0 saturated heterocycles. The first kappa shape index (κ1) is 14.5. The van der Waals surface area contributed by atoms with Gasteiger partial charge in [0, 0.05) is 5.69 Å². The van der Waals surface area contributed by atoms with Gasteiger partial charge in [0.25, 0.3) is 0 Å². The molecule has 0 amide bonds. The zero-order valence-corrected chi connectivity index (χ0v) is 11.6. The fourth-order valence-corrected chi connectivity index (χ4v) is 5.56. The summed E-state index contributed by atoms with van der Waals surface area (Å²) >= 11 is 0. The normalized spacial score (nSPS) is 14.6. The molecule has 7 heteroatoms. The molecule has 1 aromatic rings. The number of hydrogen-bond acceptors (Lipinski definition) is 3. The Morgan fingerprint density at radius 3 is 2.00 bits per heavy atom. The Morgan fingerprint density at radius 2 is 1.65 bits per heavy atom. The first-order valence-corrected chi connectivity index (χ1v) is 9.40. The summed E-state index contributed by atoms with van der Waals surface area (Å²) in [5, 5.41) is -1.13. The Hall–Kier alpha value is -0.600. The molecule has 0 saturated carbocycles. The second kappa shape index (κ2) is 4.95. The molecule has 0 aliphatic carbocycles. The van der Waals surface area contributed by atoms with E-state index in [1.165, 1.54) is 13.3 Å². The highest BCUT2D eigenvalue weighted by Crippen LogP contribution is 2.61. The van der Waals surface area contributed by atoms with Crippen LogP contribution in [0, 0.1) is 0 Å². The van der Waals surface area contributed by atoms with Crippen LogP contribution in [0.5, 0.6) is 0 Å². The molecule has 1 unspecified atom stereocenters. The van der Waals surface area contributed by atoms with E-state index in [4.69, 9.17) is 5.73 Å². The minimum Gasteiger partial charge on any atom is -0.399 e. The lowest BCUT2D eigenvalue weighted by Crippen LogP contribution is -2.12. The second-order valence-electron chi connectivity index (χ2n) is 4.45. The van der Waals surface area contributed by atoms with Gasteiger partial charge in [-0.1, -0.05) is 12.1 Å². The molecule has 17 heavy (non-hydrogen) atoms. The molecular weight excluding hydrogens is 260 g/mol. The zero-order chi connectivity index (χ0) is 13.3. The third-order valence-electron chi connectivity index (χ3n) is 2.50. The van der Waals surface area contributed by atoms with Gasteiger partial charge in [0.15, 0.2) is 0 Å². The van der Waals surface area contributed by atoms with Gasteiger partial charge in [0.2, 0.25) is 0 Å². The lowest BCUT2D eigenvalue weighted by molar-refractivity contribution is 0.367. The molecule has 0 fully saturated rings. The number of hydrogen-bond donors (Lipinski definition) is 3. The maximum absolute atomic E-state index is 11.9. The number of nitrogens with two attached hydrogens (primary N) is 1. The maximum Gasteiger partial charge on any atom is 0.336 e. The molecular formula is C10H17NO4P2. The van der Waals surface area contributed by atoms with Crippen molar-refractivity contribution >= 4 is 20.4 Å². The standard InChI is InChI=1S/C10H17NO4P2/c1-16(2,12)10(17(13,14)15)7-8-3-5-9(11)6-4-8/h3-6,10H,7,11H2,1-2H3,(H2,13,14,15). The number of anilines is 1. The van der Waals surface area contributed by atoms with Crippen LogP contribution in [0.4, 0.5) is 5.69 Å². The fraction of sp³-hybridized carbons (Fsp3) is 0.400. The summed E-state index contributed by atoms with van der Waals surface area (Å²) in [6.45, 7) is 2.79. The Kier molecular flexibility index (Phi) is 4.21. The van der Waals surface area contributed by atoms with E-state index < -0.39 is 20.1 Å². The molecule has 1 atom stereocenters. The van der Waals surface area contributed by atoms with Gasteiger partial charge in [-0.15, -0.1) is 0 Å². The Balaban J connectivity index is 3.00. The molecule has 96 valence electrons. The van der Waals surface area contributed by atoms with E-state index >= 15 is 0 Å². The molecule has 1 aromatic carbocycles. The van der Waals surface area contributed by atoms with Crippen LogP contribution in [0.15, 0.2) is 24.3 Å². The third-order valence-corrected chi connectivity index (χ3v) is 7.65. The van der Waals surface area contributed by atoms with Crippen LogP contribution in [-0.2, 0) is 15.6 Å². The number of rotatable bonds is 4. The largest absolute Gasteiger partial charge is 0.399 e. The van der Waals surface area contributed by atoms with Gasteiger partial charge in [-0.3, -0.25) is 4.57 Å². The highest BCUT2D eigenvalue weighted by atomic mass is 31.2. The van der Waals surface area contributed by atoms with Crippen LogP contribution < -0.4 is 5.73 Å². The quantitative estimate of drug-likeness (QED) is 0.576. The average Bonchev–Trinajstić information content (AvgIpc) is 2.13. The van der Waals surface area contributed by atoms with Gasteiger partial charge >= 0.3 is 7.60 Å². The van der Waals surface area contributed by atoms with Crippen LogP contribution >= 0.6 is 14.7 Å². The lowest BCUT2D eigenvalue weighted by Gasteiger charge is -2.22. The molecule has 0 aliphatic rings. The summed E-state index contributed by atoms with van der Waals surface area (Å²) in [5.41, 5.74) is 6.82. The molecule has 4 N–H and O–H groups in total. The SMILES string of the molecule is CP(C)(=O)C(Cc1ccc(N)cc1)P(=O)(O)O. The summed E-state index contributed by atoms with van der Waals surface area (Å²) in [6, 6.07) is 6.69. The van der Waals surface area contributed by atoms with E-state index in [1.54, 1.807) is 24.3 Å². The second-order valence-corrected chi connectivity index (χ2v) is 10.2. The van der Waals surface area contributed by atoms with Gasteiger partial charge in [0.1, 0.15) is 5.40 Å². The molecule has 1 rings (SSSR count). The van der Waals surface area contributed by atoms with Crippen molar-refractivity contribution in [1.29, 1.82) is 0 Å². The number of benzene rings is 1. The van der Waals surface area contributed by atoms with Crippen LogP contribution in [0.1, 0.15) is 5.56 Å². The monoisotopic (exact) mass is 277 g/mol. The number of nitrogen functional groups attached to an aromatic ring is 1. The van der Waals surface area contributed by atoms with Crippen LogP contribution in [0.3, 0.4) is 0 Å².